The van der Waals surface area contributed by atoms with Crippen LogP contribution in [0.5, 0.6) is 0 Å². The van der Waals surface area contributed by atoms with Crippen LogP contribution in [0.4, 0.5) is 4.39 Å². The van der Waals surface area contributed by atoms with Gasteiger partial charge in [0.05, 0.1) is 6.04 Å². The predicted molar refractivity (Wildman–Crippen MR) is 70.2 cm³/mol. The van der Waals surface area contributed by atoms with Crippen LogP contribution in [0.2, 0.25) is 0 Å². The minimum absolute atomic E-state index is 0.173. The van der Waals surface area contributed by atoms with Gasteiger partial charge in [-0.05, 0) is 37.1 Å². The third kappa shape index (κ3) is 2.99. The summed E-state index contributed by atoms with van der Waals surface area (Å²) in [6, 6.07) is 4.15. The van der Waals surface area contributed by atoms with E-state index < -0.39 is 0 Å². The van der Waals surface area contributed by atoms with Crippen molar-refractivity contribution in [1.29, 1.82) is 0 Å². The molecule has 0 bridgehead atoms. The molecule has 2 aromatic rings. The Morgan fingerprint density at radius 2 is 2.32 bits per heavy atom. The van der Waals surface area contributed by atoms with E-state index in [2.05, 4.69) is 15.3 Å². The largest absolute Gasteiger partial charge is 0.347 e. The quantitative estimate of drug-likeness (QED) is 0.889. The highest BCUT2D eigenvalue weighted by molar-refractivity contribution is 5.94. The molecule has 0 spiro atoms. The van der Waals surface area contributed by atoms with Crippen molar-refractivity contribution in [1.82, 2.24) is 15.3 Å². The molecule has 5 heteroatoms. The summed E-state index contributed by atoms with van der Waals surface area (Å²) in [7, 11) is 0. The van der Waals surface area contributed by atoms with Crippen molar-refractivity contribution in [3.63, 3.8) is 0 Å². The lowest BCUT2D eigenvalue weighted by molar-refractivity contribution is 0.0933. The van der Waals surface area contributed by atoms with Crippen molar-refractivity contribution in [3.8, 4) is 0 Å². The number of carbonyl (C=O) groups is 1. The molecule has 19 heavy (non-hydrogen) atoms. The fourth-order valence-electron chi connectivity index (χ4n) is 1.86. The van der Waals surface area contributed by atoms with Gasteiger partial charge in [-0.2, -0.15) is 0 Å². The van der Waals surface area contributed by atoms with Gasteiger partial charge >= 0.3 is 0 Å². The molecule has 2 rings (SSSR count). The zero-order chi connectivity index (χ0) is 13.8. The van der Waals surface area contributed by atoms with Crippen LogP contribution in [0.1, 0.15) is 41.1 Å². The number of hydrogen-bond donors (Lipinski definition) is 2. The number of rotatable bonds is 4. The fraction of sp³-hybridized carbons (Fsp3) is 0.286. The van der Waals surface area contributed by atoms with Crippen LogP contribution in [0.25, 0.3) is 0 Å². The lowest BCUT2D eigenvalue weighted by Crippen LogP contribution is -2.29. The Morgan fingerprint density at radius 3 is 2.89 bits per heavy atom. The second-order valence-electron chi connectivity index (χ2n) is 4.37. The number of benzene rings is 1. The van der Waals surface area contributed by atoms with E-state index in [4.69, 9.17) is 0 Å². The highest BCUT2D eigenvalue weighted by atomic mass is 19.1. The molecule has 1 unspecified atom stereocenters. The molecule has 1 heterocycles. The number of aromatic amines is 1. The van der Waals surface area contributed by atoms with Gasteiger partial charge in [0.2, 0.25) is 0 Å². The third-order valence-corrected chi connectivity index (χ3v) is 2.98. The highest BCUT2D eigenvalue weighted by Crippen LogP contribution is 2.14. The minimum atomic E-state index is -0.311. The van der Waals surface area contributed by atoms with Crippen molar-refractivity contribution in [2.24, 2.45) is 0 Å². The standard InChI is InChI=1S/C14H16FN3O/c1-3-12(13-16-6-7-17-13)18-14(19)10-4-5-11(15)9(2)8-10/h4-8,12H,3H2,1-2H3,(H,16,17)(H,18,19). The van der Waals surface area contributed by atoms with Crippen LogP contribution in [0.3, 0.4) is 0 Å². The monoisotopic (exact) mass is 261 g/mol. The zero-order valence-corrected chi connectivity index (χ0v) is 10.9. The van der Waals surface area contributed by atoms with Gasteiger partial charge in [0.1, 0.15) is 11.6 Å². The van der Waals surface area contributed by atoms with Crippen molar-refractivity contribution < 1.29 is 9.18 Å². The summed E-state index contributed by atoms with van der Waals surface area (Å²) < 4.78 is 13.2. The molecule has 1 amide bonds. The topological polar surface area (TPSA) is 57.8 Å². The Labute approximate surface area is 111 Å². The van der Waals surface area contributed by atoms with Gasteiger partial charge in [-0.3, -0.25) is 4.79 Å². The maximum atomic E-state index is 13.2. The lowest BCUT2D eigenvalue weighted by atomic mass is 10.1. The van der Waals surface area contributed by atoms with E-state index in [1.54, 1.807) is 25.4 Å². The van der Waals surface area contributed by atoms with Gasteiger partial charge in [0.15, 0.2) is 0 Å². The Kier molecular flexibility index (Phi) is 3.94. The molecular weight excluding hydrogens is 245 g/mol. The van der Waals surface area contributed by atoms with E-state index in [0.717, 1.165) is 12.2 Å². The van der Waals surface area contributed by atoms with E-state index in [9.17, 15) is 9.18 Å². The van der Waals surface area contributed by atoms with Gasteiger partial charge in [0, 0.05) is 18.0 Å². The molecule has 2 N–H and O–H groups in total. The molecule has 100 valence electrons. The van der Waals surface area contributed by atoms with Crippen molar-refractivity contribution in [2.45, 2.75) is 26.3 Å². The van der Waals surface area contributed by atoms with E-state index in [-0.39, 0.29) is 17.8 Å². The van der Waals surface area contributed by atoms with E-state index in [0.29, 0.717) is 11.1 Å². The zero-order valence-electron chi connectivity index (χ0n) is 10.9. The third-order valence-electron chi connectivity index (χ3n) is 2.98. The Bertz CT molecular complexity index is 566. The molecule has 0 fully saturated rings. The molecule has 0 saturated heterocycles. The van der Waals surface area contributed by atoms with E-state index in [1.165, 1.54) is 12.1 Å². The second kappa shape index (κ2) is 5.65. The van der Waals surface area contributed by atoms with E-state index >= 15 is 0 Å². The summed E-state index contributed by atoms with van der Waals surface area (Å²) in [4.78, 5) is 19.2. The first-order valence-electron chi connectivity index (χ1n) is 6.18. The summed E-state index contributed by atoms with van der Waals surface area (Å²) >= 11 is 0. The second-order valence-corrected chi connectivity index (χ2v) is 4.37. The molecule has 0 aliphatic heterocycles. The van der Waals surface area contributed by atoms with Gasteiger partial charge < -0.3 is 10.3 Å². The number of halogens is 1. The maximum Gasteiger partial charge on any atom is 0.251 e. The molecule has 4 nitrogen and oxygen atoms in total. The Balaban J connectivity index is 2.13. The average molecular weight is 261 g/mol. The highest BCUT2D eigenvalue weighted by Gasteiger charge is 2.16. The van der Waals surface area contributed by atoms with Crippen LogP contribution >= 0.6 is 0 Å². The first kappa shape index (κ1) is 13.3. The summed E-state index contributed by atoms with van der Waals surface area (Å²) in [5.74, 6) is 0.177. The number of imidazole rings is 1. The van der Waals surface area contributed by atoms with Crippen LogP contribution in [-0.4, -0.2) is 15.9 Å². The number of amides is 1. The van der Waals surface area contributed by atoms with Gasteiger partial charge in [-0.1, -0.05) is 6.92 Å². The molecule has 0 aliphatic carbocycles. The first-order valence-corrected chi connectivity index (χ1v) is 6.18. The number of nitrogens with one attached hydrogen (secondary N) is 2. The fourth-order valence-corrected chi connectivity index (χ4v) is 1.86. The SMILES string of the molecule is CCC(NC(=O)c1ccc(F)c(C)c1)c1ncc[nH]1. The summed E-state index contributed by atoms with van der Waals surface area (Å²) in [5, 5.41) is 2.88. The normalized spacial score (nSPS) is 12.2. The summed E-state index contributed by atoms with van der Waals surface area (Å²) in [5.41, 5.74) is 0.905. The van der Waals surface area contributed by atoms with Crippen molar-refractivity contribution in [2.75, 3.05) is 0 Å². The van der Waals surface area contributed by atoms with Crippen LogP contribution in [0.15, 0.2) is 30.6 Å². The first-order chi connectivity index (χ1) is 9.11. The van der Waals surface area contributed by atoms with Crippen molar-refractivity contribution in [3.05, 3.63) is 53.4 Å². The van der Waals surface area contributed by atoms with Crippen LogP contribution in [0, 0.1) is 12.7 Å². The van der Waals surface area contributed by atoms with Gasteiger partial charge in [-0.15, -0.1) is 0 Å². The number of aromatic nitrogens is 2. The van der Waals surface area contributed by atoms with E-state index in [1.807, 2.05) is 6.92 Å². The molecule has 1 aromatic heterocycles. The number of H-pyrrole nitrogens is 1. The number of aryl methyl sites for hydroxylation is 1. The minimum Gasteiger partial charge on any atom is -0.347 e. The number of hydrogen-bond acceptors (Lipinski definition) is 2. The van der Waals surface area contributed by atoms with Gasteiger partial charge in [-0.25, -0.2) is 9.37 Å². The van der Waals surface area contributed by atoms with Gasteiger partial charge in [0.25, 0.3) is 5.91 Å². The number of carbonyl (C=O) groups excluding carboxylic acids is 1. The maximum absolute atomic E-state index is 13.2. The molecule has 0 saturated carbocycles. The lowest BCUT2D eigenvalue weighted by Gasteiger charge is -2.15. The Hall–Kier alpha value is -2.17. The Morgan fingerprint density at radius 1 is 1.53 bits per heavy atom. The predicted octanol–water partition coefficient (Wildman–Crippen LogP) is 2.74. The average Bonchev–Trinajstić information content (AvgIpc) is 2.92. The molecule has 0 radical (unpaired) electrons. The smallest absolute Gasteiger partial charge is 0.251 e. The molecule has 1 atom stereocenters. The molecule has 0 aliphatic rings. The molecular formula is C14H16FN3O. The summed E-state index contributed by atoms with van der Waals surface area (Å²) in [6.45, 7) is 3.60. The van der Waals surface area contributed by atoms with Crippen LogP contribution < -0.4 is 5.32 Å². The molecule has 1 aromatic carbocycles. The van der Waals surface area contributed by atoms with Crippen molar-refractivity contribution >= 4 is 5.91 Å². The summed E-state index contributed by atoms with van der Waals surface area (Å²) in [6.07, 6.45) is 4.08. The number of nitrogens with zero attached hydrogens (tertiary/aromatic N) is 1. The van der Waals surface area contributed by atoms with Crippen LogP contribution in [-0.2, 0) is 0 Å².